The number of fused-ring (bicyclic) bond motifs is 1. The molecule has 9 heteroatoms. The Labute approximate surface area is 145 Å². The van der Waals surface area contributed by atoms with E-state index in [1.54, 1.807) is 11.2 Å². The van der Waals surface area contributed by atoms with Gasteiger partial charge in [-0.1, -0.05) is 0 Å². The Morgan fingerprint density at radius 1 is 1.44 bits per heavy atom. The fourth-order valence-electron chi connectivity index (χ4n) is 3.04. The average Bonchev–Trinajstić information content (AvgIpc) is 3.28. The minimum atomic E-state index is -0.269. The summed E-state index contributed by atoms with van der Waals surface area (Å²) in [4.78, 5) is 26.9. The van der Waals surface area contributed by atoms with Crippen LogP contribution in [0.1, 0.15) is 12.8 Å². The minimum absolute atomic E-state index is 0.0120. The number of carbonyl (C=O) groups is 1. The van der Waals surface area contributed by atoms with Gasteiger partial charge in [-0.3, -0.25) is 4.79 Å². The number of hydrogen-bond donors (Lipinski definition) is 2. The maximum absolute atomic E-state index is 12.0. The van der Waals surface area contributed by atoms with Gasteiger partial charge in [0.2, 0.25) is 5.91 Å². The smallest absolute Gasteiger partial charge is 0.239 e. The molecule has 9 nitrogen and oxygen atoms in total. The Kier molecular flexibility index (Phi) is 4.04. The van der Waals surface area contributed by atoms with Gasteiger partial charge in [-0.2, -0.15) is 0 Å². The molecule has 2 fully saturated rings. The van der Waals surface area contributed by atoms with Crippen molar-refractivity contribution >= 4 is 22.9 Å². The zero-order chi connectivity index (χ0) is 17.4. The number of anilines is 1. The van der Waals surface area contributed by atoms with Crippen molar-refractivity contribution in [3.63, 3.8) is 0 Å². The summed E-state index contributed by atoms with van der Waals surface area (Å²) in [6, 6.07) is 0.338. The summed E-state index contributed by atoms with van der Waals surface area (Å²) in [5.41, 5.74) is 1.08. The summed E-state index contributed by atoms with van der Waals surface area (Å²) in [6.07, 6.45) is 5.31. The highest BCUT2D eigenvalue weighted by Crippen LogP contribution is 2.30. The number of amides is 1. The number of aromatic nitrogens is 4. The van der Waals surface area contributed by atoms with Crippen molar-refractivity contribution in [2.24, 2.45) is 5.41 Å². The molecular weight excluding hydrogens is 324 g/mol. The van der Waals surface area contributed by atoms with Gasteiger partial charge in [0.05, 0.1) is 38.1 Å². The zero-order valence-electron chi connectivity index (χ0n) is 14.2. The third-order valence-corrected chi connectivity index (χ3v) is 4.72. The molecule has 25 heavy (non-hydrogen) atoms. The Hall–Kier alpha value is -2.26. The summed E-state index contributed by atoms with van der Waals surface area (Å²) in [5.74, 6) is 0.611. The summed E-state index contributed by atoms with van der Waals surface area (Å²) in [5, 5.41) is 12.6. The molecule has 0 aromatic carbocycles. The van der Waals surface area contributed by atoms with Gasteiger partial charge < -0.3 is 24.6 Å². The van der Waals surface area contributed by atoms with Crippen molar-refractivity contribution in [3.8, 4) is 0 Å². The van der Waals surface area contributed by atoms with Gasteiger partial charge in [0.25, 0.3) is 0 Å². The second kappa shape index (κ2) is 6.23. The topological polar surface area (TPSA) is 105 Å². The number of carbonyl (C=O) groups excluding carboxylic acids is 1. The normalized spacial score (nSPS) is 18.8. The SMILES string of the molecule is CN(CC(=O)NC1CC1)c1ncnc2c1ncn2CC1(CO)COC1. The van der Waals surface area contributed by atoms with E-state index >= 15 is 0 Å². The molecule has 1 saturated heterocycles. The number of nitrogens with zero attached hydrogens (tertiary/aromatic N) is 5. The van der Waals surface area contributed by atoms with E-state index in [-0.39, 0.29) is 24.5 Å². The number of imidazole rings is 1. The molecule has 0 unspecified atom stereocenters. The Bertz CT molecular complexity index is 778. The summed E-state index contributed by atoms with van der Waals surface area (Å²) < 4.78 is 7.17. The minimum Gasteiger partial charge on any atom is -0.396 e. The summed E-state index contributed by atoms with van der Waals surface area (Å²) in [6.45, 7) is 1.93. The van der Waals surface area contributed by atoms with Gasteiger partial charge in [0.15, 0.2) is 17.0 Å². The van der Waals surface area contributed by atoms with Crippen LogP contribution in [-0.2, 0) is 16.1 Å². The van der Waals surface area contributed by atoms with Crippen molar-refractivity contribution in [2.75, 3.05) is 38.3 Å². The van der Waals surface area contributed by atoms with Crippen molar-refractivity contribution in [3.05, 3.63) is 12.7 Å². The predicted molar refractivity (Wildman–Crippen MR) is 90.1 cm³/mol. The number of likely N-dealkylation sites (N-methyl/N-ethyl adjacent to an activating group) is 1. The quantitative estimate of drug-likeness (QED) is 0.699. The molecule has 1 saturated carbocycles. The first-order chi connectivity index (χ1) is 12.1. The number of hydrogen-bond acceptors (Lipinski definition) is 7. The fourth-order valence-corrected chi connectivity index (χ4v) is 3.04. The van der Waals surface area contributed by atoms with Crippen molar-refractivity contribution < 1.29 is 14.6 Å². The molecule has 2 N–H and O–H groups in total. The van der Waals surface area contributed by atoms with Crippen molar-refractivity contribution in [2.45, 2.75) is 25.4 Å². The van der Waals surface area contributed by atoms with Crippen LogP contribution in [-0.4, -0.2) is 70.0 Å². The molecule has 1 aliphatic heterocycles. The van der Waals surface area contributed by atoms with E-state index in [1.165, 1.54) is 6.33 Å². The summed E-state index contributed by atoms with van der Waals surface area (Å²) >= 11 is 0. The molecule has 2 aromatic rings. The van der Waals surface area contributed by atoms with Crippen LogP contribution in [0.5, 0.6) is 0 Å². The molecule has 3 heterocycles. The lowest BCUT2D eigenvalue weighted by molar-refractivity contribution is -0.144. The second-order valence-corrected chi connectivity index (χ2v) is 7.09. The van der Waals surface area contributed by atoms with Crippen molar-refractivity contribution in [1.29, 1.82) is 0 Å². The molecule has 134 valence electrons. The van der Waals surface area contributed by atoms with E-state index in [1.807, 2.05) is 11.6 Å². The highest BCUT2D eigenvalue weighted by molar-refractivity contribution is 5.87. The highest BCUT2D eigenvalue weighted by atomic mass is 16.5. The van der Waals surface area contributed by atoms with Gasteiger partial charge >= 0.3 is 0 Å². The molecule has 2 aliphatic rings. The van der Waals surface area contributed by atoms with Crippen LogP contribution >= 0.6 is 0 Å². The number of ether oxygens (including phenoxy) is 1. The van der Waals surface area contributed by atoms with Gasteiger partial charge in [-0.25, -0.2) is 15.0 Å². The first-order valence-electron chi connectivity index (χ1n) is 8.45. The maximum atomic E-state index is 12.0. The van der Waals surface area contributed by atoms with Crippen molar-refractivity contribution in [1.82, 2.24) is 24.8 Å². The van der Waals surface area contributed by atoms with Crippen LogP contribution in [0.3, 0.4) is 0 Å². The van der Waals surface area contributed by atoms with Gasteiger partial charge in [-0.05, 0) is 12.8 Å². The van der Waals surface area contributed by atoms with Gasteiger partial charge in [0, 0.05) is 19.6 Å². The zero-order valence-corrected chi connectivity index (χ0v) is 14.2. The number of aliphatic hydroxyl groups is 1. The first-order valence-corrected chi connectivity index (χ1v) is 8.45. The monoisotopic (exact) mass is 346 g/mol. The van der Waals surface area contributed by atoms with Crippen LogP contribution in [0.25, 0.3) is 11.2 Å². The van der Waals surface area contributed by atoms with E-state index < -0.39 is 0 Å². The summed E-state index contributed by atoms with van der Waals surface area (Å²) in [7, 11) is 1.82. The number of nitrogens with one attached hydrogen (secondary N) is 1. The lowest BCUT2D eigenvalue weighted by Crippen LogP contribution is -2.48. The predicted octanol–water partition coefficient (Wildman–Crippen LogP) is -0.450. The lowest BCUT2D eigenvalue weighted by atomic mass is 9.87. The fraction of sp³-hybridized carbons (Fsp3) is 0.625. The maximum Gasteiger partial charge on any atom is 0.239 e. The van der Waals surface area contributed by atoms with E-state index in [2.05, 4.69) is 20.3 Å². The molecule has 0 radical (unpaired) electrons. The van der Waals surface area contributed by atoms with Crippen LogP contribution in [0, 0.1) is 5.41 Å². The van der Waals surface area contributed by atoms with Gasteiger partial charge in [0.1, 0.15) is 6.33 Å². The van der Waals surface area contributed by atoms with Crippen LogP contribution < -0.4 is 10.2 Å². The average molecular weight is 346 g/mol. The molecule has 0 atom stereocenters. The molecule has 0 bridgehead atoms. The third-order valence-electron chi connectivity index (χ3n) is 4.72. The number of rotatable bonds is 7. The van der Waals surface area contributed by atoms with E-state index in [4.69, 9.17) is 4.74 Å². The highest BCUT2D eigenvalue weighted by Gasteiger charge is 2.39. The Balaban J connectivity index is 1.54. The number of aliphatic hydroxyl groups excluding tert-OH is 1. The third kappa shape index (κ3) is 3.16. The standard InChI is InChI=1S/C16H22N6O3/c1-21(4-12(24)20-11-2-3-11)14-13-15(18-9-17-14)22(10-19-13)5-16(6-23)7-25-8-16/h9-11,23H,2-8H2,1H3,(H,20,24). The van der Waals surface area contributed by atoms with Crippen LogP contribution in [0.4, 0.5) is 5.82 Å². The molecule has 4 rings (SSSR count). The lowest BCUT2D eigenvalue weighted by Gasteiger charge is -2.39. The molecule has 0 spiro atoms. The van der Waals surface area contributed by atoms with Crippen LogP contribution in [0.15, 0.2) is 12.7 Å². The van der Waals surface area contributed by atoms with E-state index in [0.29, 0.717) is 42.8 Å². The molecular formula is C16H22N6O3. The van der Waals surface area contributed by atoms with Gasteiger partial charge in [-0.15, -0.1) is 0 Å². The second-order valence-electron chi connectivity index (χ2n) is 7.09. The molecule has 1 amide bonds. The Morgan fingerprint density at radius 2 is 2.24 bits per heavy atom. The Morgan fingerprint density at radius 3 is 2.88 bits per heavy atom. The van der Waals surface area contributed by atoms with E-state index in [0.717, 1.165) is 12.8 Å². The molecule has 1 aliphatic carbocycles. The largest absolute Gasteiger partial charge is 0.396 e. The van der Waals surface area contributed by atoms with E-state index in [9.17, 15) is 9.90 Å². The van der Waals surface area contributed by atoms with Crippen LogP contribution in [0.2, 0.25) is 0 Å². The first kappa shape index (κ1) is 16.2. The molecule has 2 aromatic heterocycles.